The molecule has 0 aromatic rings. The van der Waals surface area contributed by atoms with Crippen LogP contribution in [0, 0.1) is 4.91 Å². The van der Waals surface area contributed by atoms with Gasteiger partial charge in [-0.3, -0.25) is 4.79 Å². The lowest BCUT2D eigenvalue weighted by Gasteiger charge is -1.81. The summed E-state index contributed by atoms with van der Waals surface area (Å²) in [6.07, 6.45) is 0.0764. The van der Waals surface area contributed by atoms with Crippen molar-refractivity contribution >= 4 is 12.6 Å². The Bertz CT molecular complexity index is 111. The first-order valence-corrected chi connectivity index (χ1v) is 2.10. The van der Waals surface area contributed by atoms with Gasteiger partial charge in [0.2, 0.25) is 0 Å². The largest absolute Gasteiger partial charge is 0.300 e. The Hall–Kier alpha value is -1.06. The fraction of sp³-hybridized carbons (Fsp3) is 0.500. The average molecular weight is 114 g/mol. The Labute approximate surface area is 46.6 Å². The third kappa shape index (κ3) is 3.14. The fourth-order valence-electron chi connectivity index (χ4n) is 0.220. The van der Waals surface area contributed by atoms with E-state index in [2.05, 4.69) is 16.9 Å². The van der Waals surface area contributed by atoms with E-state index in [1.807, 2.05) is 0 Å². The molecule has 1 amide bonds. The van der Waals surface area contributed by atoms with Crippen LogP contribution in [0.4, 0.5) is 0 Å². The highest BCUT2D eigenvalue weighted by Crippen LogP contribution is 1.82. The van der Waals surface area contributed by atoms with Crippen LogP contribution in [0.2, 0.25) is 0 Å². The predicted octanol–water partition coefficient (Wildman–Crippen LogP) is 0.370. The summed E-state index contributed by atoms with van der Waals surface area (Å²) in [5.74, 6) is -0.669. The molecule has 0 spiro atoms. The lowest BCUT2D eigenvalue weighted by atomic mass is 10.4. The summed E-state index contributed by atoms with van der Waals surface area (Å²) in [4.78, 5) is 22.7. The van der Waals surface area contributed by atoms with Crippen molar-refractivity contribution < 1.29 is 4.79 Å². The maximum atomic E-state index is 10.0. The standard InChI is InChI=1S/C4H6N2O2/c1-5-3-2-4(7)6-8/h1-3H2. The van der Waals surface area contributed by atoms with E-state index >= 15 is 0 Å². The lowest BCUT2D eigenvalue weighted by Crippen LogP contribution is -1.92. The van der Waals surface area contributed by atoms with Crippen LogP contribution in [0.5, 0.6) is 0 Å². The second kappa shape index (κ2) is 4.11. The molecule has 0 aliphatic heterocycles. The van der Waals surface area contributed by atoms with E-state index in [4.69, 9.17) is 0 Å². The van der Waals surface area contributed by atoms with Crippen LogP contribution < -0.4 is 0 Å². The summed E-state index contributed by atoms with van der Waals surface area (Å²) in [7, 11) is 0. The summed E-state index contributed by atoms with van der Waals surface area (Å²) in [5.41, 5.74) is 0. The molecule has 0 N–H and O–H groups in total. The zero-order chi connectivity index (χ0) is 6.41. The minimum Gasteiger partial charge on any atom is -0.300 e. The van der Waals surface area contributed by atoms with E-state index in [0.29, 0.717) is 0 Å². The van der Waals surface area contributed by atoms with Crippen LogP contribution in [0.25, 0.3) is 0 Å². The summed E-state index contributed by atoms with van der Waals surface area (Å²) >= 11 is 0. The zero-order valence-electron chi connectivity index (χ0n) is 4.33. The summed E-state index contributed by atoms with van der Waals surface area (Å²) in [6.45, 7) is 3.40. The van der Waals surface area contributed by atoms with Crippen molar-refractivity contribution in [3.8, 4) is 0 Å². The summed E-state index contributed by atoms with van der Waals surface area (Å²) < 4.78 is 0. The highest BCUT2D eigenvalue weighted by molar-refractivity contribution is 5.76. The smallest absolute Gasteiger partial charge is 0.288 e. The van der Waals surface area contributed by atoms with E-state index in [1.54, 1.807) is 0 Å². The lowest BCUT2D eigenvalue weighted by molar-refractivity contribution is -0.117. The number of nitroso groups, excluding NO2 is 1. The van der Waals surface area contributed by atoms with Crippen LogP contribution >= 0.6 is 0 Å². The molecule has 8 heavy (non-hydrogen) atoms. The van der Waals surface area contributed by atoms with Gasteiger partial charge in [0, 0.05) is 11.7 Å². The topological polar surface area (TPSA) is 58.9 Å². The van der Waals surface area contributed by atoms with Gasteiger partial charge in [0.15, 0.2) is 0 Å². The highest BCUT2D eigenvalue weighted by Gasteiger charge is 1.95. The van der Waals surface area contributed by atoms with E-state index < -0.39 is 5.91 Å². The highest BCUT2D eigenvalue weighted by atomic mass is 16.3. The van der Waals surface area contributed by atoms with Crippen LogP contribution in [0.3, 0.4) is 0 Å². The molecule has 0 aliphatic carbocycles. The maximum absolute atomic E-state index is 10.0. The Morgan fingerprint density at radius 2 is 2.25 bits per heavy atom. The third-order valence-electron chi connectivity index (χ3n) is 0.586. The second-order valence-electron chi connectivity index (χ2n) is 1.18. The van der Waals surface area contributed by atoms with E-state index in [0.717, 1.165) is 0 Å². The van der Waals surface area contributed by atoms with Gasteiger partial charge in [-0.15, -0.1) is 4.91 Å². The van der Waals surface area contributed by atoms with Crippen LogP contribution in [-0.2, 0) is 4.79 Å². The quantitative estimate of drug-likeness (QED) is 0.393. The molecule has 4 nitrogen and oxygen atoms in total. The van der Waals surface area contributed by atoms with Gasteiger partial charge >= 0.3 is 0 Å². The molecule has 0 radical (unpaired) electrons. The summed E-state index contributed by atoms with van der Waals surface area (Å²) in [6, 6.07) is 0. The average Bonchev–Trinajstić information content (AvgIpc) is 1.83. The molecule has 0 aromatic heterocycles. The molecule has 0 heterocycles. The van der Waals surface area contributed by atoms with E-state index in [9.17, 15) is 9.70 Å². The van der Waals surface area contributed by atoms with E-state index in [1.165, 1.54) is 0 Å². The van der Waals surface area contributed by atoms with Gasteiger partial charge in [-0.2, -0.15) is 0 Å². The van der Waals surface area contributed by atoms with Crippen molar-refractivity contribution in [1.82, 2.24) is 0 Å². The molecule has 4 heteroatoms. The van der Waals surface area contributed by atoms with Gasteiger partial charge in [-0.1, -0.05) is 0 Å². The molecule has 0 unspecified atom stereocenters. The minimum absolute atomic E-state index is 0.0764. The first-order valence-electron chi connectivity index (χ1n) is 2.10. The molecule has 0 atom stereocenters. The molecule has 0 rings (SSSR count). The molecule has 0 fully saturated rings. The van der Waals surface area contributed by atoms with Gasteiger partial charge in [-0.05, 0) is 6.72 Å². The SMILES string of the molecule is C=NCCC(=O)N=O. The number of nitrogens with zero attached hydrogens (tertiary/aromatic N) is 2. The van der Waals surface area contributed by atoms with Gasteiger partial charge in [0.05, 0.1) is 6.42 Å². The zero-order valence-corrected chi connectivity index (χ0v) is 4.33. The number of rotatable bonds is 3. The van der Waals surface area contributed by atoms with Gasteiger partial charge in [0.1, 0.15) is 0 Å². The number of hydrogen-bond acceptors (Lipinski definition) is 3. The van der Waals surface area contributed by atoms with Crippen molar-refractivity contribution in [1.29, 1.82) is 0 Å². The molecule has 0 bridgehead atoms. The molecule has 44 valence electrons. The molecule has 0 aromatic carbocycles. The Morgan fingerprint density at radius 3 is 2.62 bits per heavy atom. The van der Waals surface area contributed by atoms with Crippen molar-refractivity contribution in [3.05, 3.63) is 4.91 Å². The monoisotopic (exact) mass is 114 g/mol. The number of amides is 1. The number of hydrogen-bond donors (Lipinski definition) is 0. The fourth-order valence-corrected chi connectivity index (χ4v) is 0.220. The van der Waals surface area contributed by atoms with Crippen LogP contribution in [0.15, 0.2) is 10.2 Å². The molecule has 0 saturated heterocycles. The predicted molar refractivity (Wildman–Crippen MR) is 29.8 cm³/mol. The number of aliphatic imine (C=N–C) groups is 1. The Balaban J connectivity index is 3.24. The van der Waals surface area contributed by atoms with E-state index in [-0.39, 0.29) is 13.0 Å². The Morgan fingerprint density at radius 1 is 1.62 bits per heavy atom. The molecular formula is C4H6N2O2. The van der Waals surface area contributed by atoms with Gasteiger partial charge in [0.25, 0.3) is 5.91 Å². The van der Waals surface area contributed by atoms with Crippen molar-refractivity contribution in [2.75, 3.05) is 6.54 Å². The Kier molecular flexibility index (Phi) is 3.56. The van der Waals surface area contributed by atoms with Gasteiger partial charge in [-0.25, -0.2) is 0 Å². The van der Waals surface area contributed by atoms with Crippen LogP contribution in [-0.4, -0.2) is 19.2 Å². The van der Waals surface area contributed by atoms with Crippen molar-refractivity contribution in [3.63, 3.8) is 0 Å². The van der Waals surface area contributed by atoms with Gasteiger partial charge < -0.3 is 4.99 Å². The molecule has 0 saturated carbocycles. The maximum Gasteiger partial charge on any atom is 0.288 e. The summed E-state index contributed by atoms with van der Waals surface area (Å²) in [5, 5.41) is 2.15. The number of carbonyl (C=O) groups is 1. The van der Waals surface area contributed by atoms with Crippen LogP contribution in [0.1, 0.15) is 6.42 Å². The second-order valence-corrected chi connectivity index (χ2v) is 1.18. The number of carbonyl (C=O) groups excluding carboxylic acids is 1. The van der Waals surface area contributed by atoms with Crippen molar-refractivity contribution in [2.24, 2.45) is 10.2 Å². The first-order chi connectivity index (χ1) is 3.81. The molecular weight excluding hydrogens is 108 g/mol. The molecule has 0 aliphatic rings. The minimum atomic E-state index is -0.669. The first kappa shape index (κ1) is 6.94. The normalized spacial score (nSPS) is 8.00. The third-order valence-corrected chi connectivity index (χ3v) is 0.586. The van der Waals surface area contributed by atoms with Crippen molar-refractivity contribution in [2.45, 2.75) is 6.42 Å².